The summed E-state index contributed by atoms with van der Waals surface area (Å²) in [5.41, 5.74) is 1.93. The number of hydrogen-bond acceptors (Lipinski definition) is 3. The molecule has 5 heteroatoms. The van der Waals surface area contributed by atoms with Crippen LogP contribution in [0.25, 0.3) is 0 Å². The molecular weight excluding hydrogens is 270 g/mol. The Bertz CT molecular complexity index is 681. The van der Waals surface area contributed by atoms with Crippen molar-refractivity contribution in [1.82, 2.24) is 0 Å². The topological polar surface area (TPSA) is 80.4 Å². The fraction of sp³-hybridized carbons (Fsp3) is 0.188. The number of aryl methyl sites for hydroxylation is 1. The first-order valence-corrected chi connectivity index (χ1v) is 6.51. The molecule has 1 atom stereocenters. The Balaban J connectivity index is 2.41. The molecule has 0 heterocycles. The molecule has 0 amide bonds. The van der Waals surface area contributed by atoms with Crippen molar-refractivity contribution >= 4 is 11.7 Å². The summed E-state index contributed by atoms with van der Waals surface area (Å²) in [6, 6.07) is 13.5. The predicted octanol–water partition coefficient (Wildman–Crippen LogP) is 3.31. The van der Waals surface area contributed by atoms with Crippen LogP contribution in [0, 0.1) is 17.0 Å². The van der Waals surface area contributed by atoms with Gasteiger partial charge in [0.25, 0.3) is 5.69 Å². The summed E-state index contributed by atoms with van der Waals surface area (Å²) in [6.45, 7) is 1.84. The number of aliphatic carboxylic acids is 1. The second-order valence-corrected chi connectivity index (χ2v) is 4.84. The summed E-state index contributed by atoms with van der Waals surface area (Å²) in [5, 5.41) is 20.5. The molecule has 108 valence electrons. The summed E-state index contributed by atoms with van der Waals surface area (Å²) in [6.07, 6.45) is 0.0946. The standard InChI is InChI=1S/C16H15NO4/c1-11-6-2-4-8-13(11)14(16(18)19)10-12-7-3-5-9-15(12)17(20)21/h2-9,14H,10H2,1H3,(H,18,19). The van der Waals surface area contributed by atoms with Crippen molar-refractivity contribution in [3.05, 3.63) is 75.3 Å². The number of carboxylic acid groups (broad SMARTS) is 1. The van der Waals surface area contributed by atoms with Crippen LogP contribution in [0.4, 0.5) is 5.69 Å². The van der Waals surface area contributed by atoms with Gasteiger partial charge in [0.05, 0.1) is 10.8 Å². The van der Waals surface area contributed by atoms with E-state index in [4.69, 9.17) is 0 Å². The molecule has 0 spiro atoms. The van der Waals surface area contributed by atoms with E-state index in [1.54, 1.807) is 30.3 Å². The minimum Gasteiger partial charge on any atom is -0.481 e. The highest BCUT2D eigenvalue weighted by Gasteiger charge is 2.25. The zero-order chi connectivity index (χ0) is 15.4. The van der Waals surface area contributed by atoms with Gasteiger partial charge in [0.2, 0.25) is 0 Å². The lowest BCUT2D eigenvalue weighted by atomic mass is 9.89. The molecule has 0 aliphatic heterocycles. The molecule has 2 rings (SSSR count). The molecule has 21 heavy (non-hydrogen) atoms. The molecule has 1 N–H and O–H groups in total. The lowest BCUT2D eigenvalue weighted by Crippen LogP contribution is -2.16. The third kappa shape index (κ3) is 3.25. The number of nitro groups is 1. The normalized spacial score (nSPS) is 11.9. The number of hydrogen-bond donors (Lipinski definition) is 1. The molecule has 2 aromatic carbocycles. The largest absolute Gasteiger partial charge is 0.481 e. The summed E-state index contributed by atoms with van der Waals surface area (Å²) in [4.78, 5) is 22.1. The number of nitrogens with zero attached hydrogens (tertiary/aromatic N) is 1. The molecule has 0 saturated carbocycles. The zero-order valence-electron chi connectivity index (χ0n) is 11.5. The second kappa shape index (κ2) is 6.17. The minimum atomic E-state index is -0.984. The Morgan fingerprint density at radius 3 is 2.43 bits per heavy atom. The van der Waals surface area contributed by atoms with Gasteiger partial charge >= 0.3 is 5.97 Å². The van der Waals surface area contributed by atoms with Gasteiger partial charge in [-0.1, -0.05) is 42.5 Å². The molecule has 0 fully saturated rings. The quantitative estimate of drug-likeness (QED) is 0.675. The van der Waals surface area contributed by atoms with Crippen LogP contribution in [0.3, 0.4) is 0 Å². The maximum Gasteiger partial charge on any atom is 0.311 e. The third-order valence-corrected chi connectivity index (χ3v) is 3.47. The maximum atomic E-state index is 11.6. The first-order valence-electron chi connectivity index (χ1n) is 6.51. The van der Waals surface area contributed by atoms with Crippen LogP contribution in [-0.2, 0) is 11.2 Å². The van der Waals surface area contributed by atoms with Crippen molar-refractivity contribution in [3.63, 3.8) is 0 Å². The number of carbonyl (C=O) groups is 1. The van der Waals surface area contributed by atoms with Gasteiger partial charge in [0, 0.05) is 11.6 Å². The van der Waals surface area contributed by atoms with E-state index < -0.39 is 16.8 Å². The van der Waals surface area contributed by atoms with Crippen molar-refractivity contribution in [2.45, 2.75) is 19.3 Å². The lowest BCUT2D eigenvalue weighted by Gasteiger charge is -2.15. The van der Waals surface area contributed by atoms with Crippen LogP contribution < -0.4 is 0 Å². The van der Waals surface area contributed by atoms with E-state index in [0.29, 0.717) is 11.1 Å². The van der Waals surface area contributed by atoms with Crippen molar-refractivity contribution in [2.75, 3.05) is 0 Å². The van der Waals surface area contributed by atoms with Gasteiger partial charge in [-0.05, 0) is 24.5 Å². The molecular formula is C16H15NO4. The first kappa shape index (κ1) is 14.7. The highest BCUT2D eigenvalue weighted by molar-refractivity contribution is 5.77. The second-order valence-electron chi connectivity index (χ2n) is 4.84. The van der Waals surface area contributed by atoms with E-state index in [0.717, 1.165) is 5.56 Å². The molecule has 0 radical (unpaired) electrons. The fourth-order valence-electron chi connectivity index (χ4n) is 2.39. The lowest BCUT2D eigenvalue weighted by molar-refractivity contribution is -0.385. The molecule has 0 aromatic heterocycles. The average Bonchev–Trinajstić information content (AvgIpc) is 2.45. The fourth-order valence-corrected chi connectivity index (χ4v) is 2.39. The minimum absolute atomic E-state index is 0.0441. The molecule has 0 bridgehead atoms. The van der Waals surface area contributed by atoms with Crippen molar-refractivity contribution in [3.8, 4) is 0 Å². The van der Waals surface area contributed by atoms with Gasteiger partial charge in [-0.25, -0.2) is 0 Å². The van der Waals surface area contributed by atoms with Crippen LogP contribution in [-0.4, -0.2) is 16.0 Å². The Morgan fingerprint density at radius 1 is 1.19 bits per heavy atom. The number of benzene rings is 2. The number of para-hydroxylation sites is 1. The van der Waals surface area contributed by atoms with E-state index in [1.807, 2.05) is 19.1 Å². The van der Waals surface area contributed by atoms with E-state index in [1.165, 1.54) is 6.07 Å². The Kier molecular flexibility index (Phi) is 4.33. The summed E-state index contributed by atoms with van der Waals surface area (Å²) in [5.74, 6) is -1.78. The van der Waals surface area contributed by atoms with Crippen molar-refractivity contribution in [2.24, 2.45) is 0 Å². The SMILES string of the molecule is Cc1ccccc1C(Cc1ccccc1[N+](=O)[O-])C(=O)O. The van der Waals surface area contributed by atoms with Crippen LogP contribution in [0.15, 0.2) is 48.5 Å². The molecule has 2 aromatic rings. The number of nitro benzene ring substituents is 1. The molecule has 0 aliphatic carbocycles. The van der Waals surface area contributed by atoms with Gasteiger partial charge in [-0.15, -0.1) is 0 Å². The highest BCUT2D eigenvalue weighted by Crippen LogP contribution is 2.28. The maximum absolute atomic E-state index is 11.6. The monoisotopic (exact) mass is 285 g/mol. The zero-order valence-corrected chi connectivity index (χ0v) is 11.5. The van der Waals surface area contributed by atoms with E-state index in [9.17, 15) is 20.0 Å². The highest BCUT2D eigenvalue weighted by atomic mass is 16.6. The van der Waals surface area contributed by atoms with Crippen LogP contribution in [0.2, 0.25) is 0 Å². The van der Waals surface area contributed by atoms with Crippen molar-refractivity contribution < 1.29 is 14.8 Å². The summed E-state index contributed by atoms with van der Waals surface area (Å²) in [7, 11) is 0. The Hall–Kier alpha value is -2.69. The average molecular weight is 285 g/mol. The molecule has 1 unspecified atom stereocenters. The van der Waals surface area contributed by atoms with Gasteiger partial charge in [-0.2, -0.15) is 0 Å². The van der Waals surface area contributed by atoms with Gasteiger partial charge in [-0.3, -0.25) is 14.9 Å². The van der Waals surface area contributed by atoms with Crippen LogP contribution in [0.5, 0.6) is 0 Å². The first-order chi connectivity index (χ1) is 10.0. The molecule has 0 saturated heterocycles. The van der Waals surface area contributed by atoms with Crippen molar-refractivity contribution in [1.29, 1.82) is 0 Å². The molecule has 0 aliphatic rings. The van der Waals surface area contributed by atoms with E-state index in [2.05, 4.69) is 0 Å². The molecule has 5 nitrogen and oxygen atoms in total. The van der Waals surface area contributed by atoms with Gasteiger partial charge in [0.1, 0.15) is 0 Å². The summed E-state index contributed by atoms with van der Waals surface area (Å²) >= 11 is 0. The van der Waals surface area contributed by atoms with Gasteiger partial charge in [0.15, 0.2) is 0 Å². The van der Waals surface area contributed by atoms with Crippen LogP contribution >= 0.6 is 0 Å². The van der Waals surface area contributed by atoms with E-state index >= 15 is 0 Å². The Morgan fingerprint density at radius 2 is 1.81 bits per heavy atom. The third-order valence-electron chi connectivity index (χ3n) is 3.47. The number of rotatable bonds is 5. The van der Waals surface area contributed by atoms with E-state index in [-0.39, 0.29) is 12.1 Å². The van der Waals surface area contributed by atoms with Crippen LogP contribution in [0.1, 0.15) is 22.6 Å². The smallest absolute Gasteiger partial charge is 0.311 e. The Labute approximate surface area is 122 Å². The number of carboxylic acids is 1. The summed E-state index contributed by atoms with van der Waals surface area (Å²) < 4.78 is 0. The predicted molar refractivity (Wildman–Crippen MR) is 78.4 cm³/mol. The van der Waals surface area contributed by atoms with Gasteiger partial charge < -0.3 is 5.11 Å².